The quantitative estimate of drug-likeness (QED) is 0.336. The highest BCUT2D eigenvalue weighted by atomic mass is 79.9. The van der Waals surface area contributed by atoms with Gasteiger partial charge < -0.3 is 0 Å². The molecule has 0 saturated heterocycles. The monoisotopic (exact) mass is 570 g/mol. The molecule has 0 spiro atoms. The molecular formula is C20H13Br3O3S. The Morgan fingerprint density at radius 2 is 1.22 bits per heavy atom. The molecule has 0 N–H and O–H groups in total. The zero-order valence-electron chi connectivity index (χ0n) is 13.8. The van der Waals surface area contributed by atoms with Crippen molar-refractivity contribution in [3.8, 4) is 11.1 Å². The van der Waals surface area contributed by atoms with Gasteiger partial charge in [0, 0.05) is 19.3 Å². The van der Waals surface area contributed by atoms with Gasteiger partial charge in [0.2, 0.25) is 0 Å². The first-order valence-electron chi connectivity index (χ1n) is 8.09. The van der Waals surface area contributed by atoms with Crippen LogP contribution in [0.2, 0.25) is 0 Å². The fourth-order valence-corrected chi connectivity index (χ4v) is 5.25. The maximum Gasteiger partial charge on any atom is 0.297 e. The third-order valence-electron chi connectivity index (χ3n) is 4.56. The second-order valence-corrected chi connectivity index (χ2v) is 10.6. The van der Waals surface area contributed by atoms with Gasteiger partial charge in [-0.05, 0) is 70.8 Å². The van der Waals surface area contributed by atoms with Gasteiger partial charge in [-0.1, -0.05) is 59.9 Å². The number of hydrogen-bond donors (Lipinski definition) is 0. The second kappa shape index (κ2) is 7.44. The highest BCUT2D eigenvalue weighted by molar-refractivity contribution is 9.11. The van der Waals surface area contributed by atoms with E-state index in [1.54, 1.807) is 12.1 Å². The van der Waals surface area contributed by atoms with Crippen molar-refractivity contribution in [2.24, 2.45) is 0 Å². The van der Waals surface area contributed by atoms with Gasteiger partial charge in [-0.3, -0.25) is 4.18 Å². The number of halogens is 3. The van der Waals surface area contributed by atoms with Crippen molar-refractivity contribution in [3.05, 3.63) is 85.2 Å². The minimum absolute atomic E-state index is 0.0469. The molecule has 7 heteroatoms. The van der Waals surface area contributed by atoms with Crippen molar-refractivity contribution in [1.82, 2.24) is 0 Å². The molecule has 3 nitrogen and oxygen atoms in total. The Morgan fingerprint density at radius 3 is 1.74 bits per heavy atom. The first-order valence-corrected chi connectivity index (χ1v) is 11.9. The molecule has 0 amide bonds. The summed E-state index contributed by atoms with van der Waals surface area (Å²) < 4.78 is 33.4. The van der Waals surface area contributed by atoms with Crippen molar-refractivity contribution < 1.29 is 12.6 Å². The van der Waals surface area contributed by atoms with Crippen LogP contribution in [0, 0.1) is 0 Å². The summed E-state index contributed by atoms with van der Waals surface area (Å²) in [6.07, 6.45) is 0. The van der Waals surface area contributed by atoms with Gasteiger partial charge in [-0.25, -0.2) is 0 Å². The molecule has 138 valence electrons. The molecule has 0 atom stereocenters. The summed E-state index contributed by atoms with van der Waals surface area (Å²) in [6.45, 7) is 0.0469. The Balaban J connectivity index is 1.69. The van der Waals surface area contributed by atoms with E-state index in [2.05, 4.69) is 59.9 Å². The van der Waals surface area contributed by atoms with E-state index in [9.17, 15) is 8.42 Å². The fourth-order valence-electron chi connectivity index (χ4n) is 3.31. The standard InChI is InChI=1S/C20H13Br3O3S/c21-12-1-5-15(6-2-12)27(24,25)26-11-20-18-9-13(22)3-7-16(18)17-8-4-14(23)10-19(17)20/h1-10,20H,11H2. The van der Waals surface area contributed by atoms with E-state index < -0.39 is 10.1 Å². The van der Waals surface area contributed by atoms with Crippen LogP contribution < -0.4 is 0 Å². The molecule has 0 fully saturated rings. The van der Waals surface area contributed by atoms with E-state index >= 15 is 0 Å². The van der Waals surface area contributed by atoms with Crippen LogP contribution >= 0.6 is 47.8 Å². The maximum absolute atomic E-state index is 12.6. The summed E-state index contributed by atoms with van der Waals surface area (Å²) in [7, 11) is -3.83. The van der Waals surface area contributed by atoms with E-state index in [1.807, 2.05) is 24.3 Å². The van der Waals surface area contributed by atoms with Gasteiger partial charge in [0.05, 0.1) is 11.5 Å². The third-order valence-corrected chi connectivity index (χ3v) is 7.37. The van der Waals surface area contributed by atoms with Gasteiger partial charge in [0.25, 0.3) is 10.1 Å². The predicted octanol–water partition coefficient (Wildman–Crippen LogP) is 6.49. The largest absolute Gasteiger partial charge is 0.297 e. The van der Waals surface area contributed by atoms with Crippen LogP contribution in [-0.2, 0) is 14.3 Å². The van der Waals surface area contributed by atoms with Crippen LogP contribution in [0.1, 0.15) is 17.0 Å². The summed E-state index contributed by atoms with van der Waals surface area (Å²) in [6, 6.07) is 18.6. The highest BCUT2D eigenvalue weighted by Gasteiger charge is 2.31. The normalized spacial score (nSPS) is 13.4. The minimum Gasteiger partial charge on any atom is -0.265 e. The lowest BCUT2D eigenvalue weighted by Crippen LogP contribution is -2.13. The van der Waals surface area contributed by atoms with Gasteiger partial charge in [0.1, 0.15) is 0 Å². The van der Waals surface area contributed by atoms with Crippen LogP contribution in [0.3, 0.4) is 0 Å². The van der Waals surface area contributed by atoms with Crippen molar-refractivity contribution in [2.45, 2.75) is 10.8 Å². The van der Waals surface area contributed by atoms with Crippen LogP contribution in [0.25, 0.3) is 11.1 Å². The van der Waals surface area contributed by atoms with Crippen molar-refractivity contribution in [1.29, 1.82) is 0 Å². The SMILES string of the molecule is O=S(=O)(OCC1c2cc(Br)ccc2-c2ccc(Br)cc21)c1ccc(Br)cc1. The summed E-state index contributed by atoms with van der Waals surface area (Å²) in [5.74, 6) is -0.157. The average Bonchev–Trinajstić information content (AvgIpc) is 2.92. The molecule has 0 radical (unpaired) electrons. The predicted molar refractivity (Wildman–Crippen MR) is 116 cm³/mol. The summed E-state index contributed by atoms with van der Waals surface area (Å²) in [4.78, 5) is 0.146. The number of fused-ring (bicyclic) bond motifs is 3. The summed E-state index contributed by atoms with van der Waals surface area (Å²) >= 11 is 10.3. The molecule has 0 aromatic heterocycles. The molecule has 0 bridgehead atoms. The van der Waals surface area contributed by atoms with E-state index in [-0.39, 0.29) is 17.4 Å². The molecule has 4 rings (SSSR count). The Hall–Kier alpha value is -0.990. The van der Waals surface area contributed by atoms with Gasteiger partial charge >= 0.3 is 0 Å². The molecule has 0 aliphatic heterocycles. The molecule has 3 aromatic rings. The van der Waals surface area contributed by atoms with E-state index in [0.717, 1.165) is 35.7 Å². The Kier molecular flexibility index (Phi) is 5.33. The number of benzene rings is 3. The van der Waals surface area contributed by atoms with Crippen LogP contribution in [-0.4, -0.2) is 15.0 Å². The lowest BCUT2D eigenvalue weighted by molar-refractivity contribution is 0.307. The lowest BCUT2D eigenvalue weighted by atomic mass is 9.98. The number of rotatable bonds is 4. The zero-order valence-corrected chi connectivity index (χ0v) is 19.4. The van der Waals surface area contributed by atoms with Gasteiger partial charge in [-0.15, -0.1) is 0 Å². The van der Waals surface area contributed by atoms with Crippen LogP contribution in [0.5, 0.6) is 0 Å². The highest BCUT2D eigenvalue weighted by Crippen LogP contribution is 2.46. The topological polar surface area (TPSA) is 43.4 Å². The number of hydrogen-bond acceptors (Lipinski definition) is 3. The van der Waals surface area contributed by atoms with E-state index in [1.165, 1.54) is 12.1 Å². The molecule has 1 aliphatic rings. The second-order valence-electron chi connectivity index (χ2n) is 6.21. The van der Waals surface area contributed by atoms with E-state index in [0.29, 0.717) is 0 Å². The fraction of sp³-hybridized carbons (Fsp3) is 0.100. The first-order chi connectivity index (χ1) is 12.8. The molecular weight excluding hydrogens is 560 g/mol. The molecule has 1 aliphatic carbocycles. The molecule has 3 aromatic carbocycles. The Morgan fingerprint density at radius 1 is 0.741 bits per heavy atom. The first kappa shape index (κ1) is 19.3. The average molecular weight is 573 g/mol. The van der Waals surface area contributed by atoms with Crippen LogP contribution in [0.4, 0.5) is 0 Å². The van der Waals surface area contributed by atoms with E-state index in [4.69, 9.17) is 4.18 Å². The van der Waals surface area contributed by atoms with Gasteiger partial charge in [0.15, 0.2) is 0 Å². The summed E-state index contributed by atoms with van der Waals surface area (Å²) in [5.41, 5.74) is 4.33. The maximum atomic E-state index is 12.6. The van der Waals surface area contributed by atoms with Gasteiger partial charge in [-0.2, -0.15) is 8.42 Å². The molecule has 0 heterocycles. The molecule has 27 heavy (non-hydrogen) atoms. The van der Waals surface area contributed by atoms with Crippen molar-refractivity contribution in [3.63, 3.8) is 0 Å². The van der Waals surface area contributed by atoms with Crippen molar-refractivity contribution >= 4 is 57.9 Å². The third kappa shape index (κ3) is 3.80. The van der Waals surface area contributed by atoms with Crippen LogP contribution in [0.15, 0.2) is 79.0 Å². The lowest BCUT2D eigenvalue weighted by Gasteiger charge is -2.15. The zero-order chi connectivity index (χ0) is 19.2. The Labute approximate surface area is 183 Å². The molecule has 0 saturated carbocycles. The Bertz CT molecular complexity index is 1070. The van der Waals surface area contributed by atoms with Crippen molar-refractivity contribution in [2.75, 3.05) is 6.61 Å². The summed E-state index contributed by atoms with van der Waals surface area (Å²) in [5, 5.41) is 0. The molecule has 0 unspecified atom stereocenters. The smallest absolute Gasteiger partial charge is 0.265 e. The minimum atomic E-state index is -3.83.